The highest BCUT2D eigenvalue weighted by atomic mass is 19.1. The number of pyridine rings is 1. The number of hydrogen-bond acceptors (Lipinski definition) is 2. The Kier molecular flexibility index (Phi) is 6.06. The number of hydrogen-bond donors (Lipinski definition) is 0. The van der Waals surface area contributed by atoms with E-state index in [1.807, 2.05) is 0 Å². The van der Waals surface area contributed by atoms with Crippen molar-refractivity contribution in [3.8, 4) is 17.6 Å². The summed E-state index contributed by atoms with van der Waals surface area (Å²) in [5.41, 5.74) is 2.18. The van der Waals surface area contributed by atoms with Crippen LogP contribution >= 0.6 is 0 Å². The average Bonchev–Trinajstić information content (AvgIpc) is 2.67. The molecular weight excluding hydrogens is 313 g/mol. The molecule has 1 aliphatic rings. The fourth-order valence-electron chi connectivity index (χ4n) is 3.26. The minimum Gasteiger partial charge on any atom is -0.494 e. The van der Waals surface area contributed by atoms with Crippen LogP contribution in [0.2, 0.25) is 0 Å². The molecule has 130 valence electrons. The topological polar surface area (TPSA) is 22.1 Å². The Hall–Kier alpha value is -2.34. The van der Waals surface area contributed by atoms with Gasteiger partial charge in [0.05, 0.1) is 6.61 Å². The predicted molar refractivity (Wildman–Crippen MR) is 98.0 cm³/mol. The van der Waals surface area contributed by atoms with Crippen molar-refractivity contribution >= 4 is 0 Å². The van der Waals surface area contributed by atoms with Crippen LogP contribution in [0.3, 0.4) is 0 Å². The van der Waals surface area contributed by atoms with Crippen LogP contribution in [0.4, 0.5) is 4.39 Å². The molecule has 0 unspecified atom stereocenters. The molecular formula is C22H24FNO. The SMILES string of the molecule is CCCOc1ccc([C@H]2CC[C@H](C#Cc3ccc(F)nc3)CC2)cc1. The Morgan fingerprint density at radius 3 is 2.48 bits per heavy atom. The highest BCUT2D eigenvalue weighted by Gasteiger charge is 2.21. The largest absolute Gasteiger partial charge is 0.494 e. The van der Waals surface area contributed by atoms with E-state index in [0.717, 1.165) is 50.0 Å². The molecule has 1 aromatic carbocycles. The third-order valence-electron chi connectivity index (χ3n) is 4.70. The zero-order valence-corrected chi connectivity index (χ0v) is 14.7. The normalized spacial score (nSPS) is 19.8. The third kappa shape index (κ3) is 5.06. The molecule has 3 rings (SSSR count). The van der Waals surface area contributed by atoms with Crippen LogP contribution in [0.15, 0.2) is 42.6 Å². The Morgan fingerprint density at radius 1 is 1.08 bits per heavy atom. The van der Waals surface area contributed by atoms with Gasteiger partial charge in [-0.1, -0.05) is 30.9 Å². The summed E-state index contributed by atoms with van der Waals surface area (Å²) in [6, 6.07) is 11.6. The molecule has 0 aliphatic heterocycles. The molecule has 1 heterocycles. The second kappa shape index (κ2) is 8.67. The summed E-state index contributed by atoms with van der Waals surface area (Å²) in [5, 5.41) is 0. The lowest BCUT2D eigenvalue weighted by atomic mass is 9.79. The first-order chi connectivity index (χ1) is 12.2. The van der Waals surface area contributed by atoms with Gasteiger partial charge in [0.1, 0.15) is 5.75 Å². The molecule has 2 nitrogen and oxygen atoms in total. The van der Waals surface area contributed by atoms with Gasteiger partial charge in [-0.2, -0.15) is 4.39 Å². The number of aromatic nitrogens is 1. The van der Waals surface area contributed by atoms with Gasteiger partial charge in [0.15, 0.2) is 0 Å². The fourth-order valence-corrected chi connectivity index (χ4v) is 3.26. The van der Waals surface area contributed by atoms with Gasteiger partial charge in [-0.3, -0.25) is 0 Å². The average molecular weight is 337 g/mol. The van der Waals surface area contributed by atoms with Gasteiger partial charge in [-0.05, 0) is 67.9 Å². The summed E-state index contributed by atoms with van der Waals surface area (Å²) in [6.45, 7) is 2.88. The van der Waals surface area contributed by atoms with Gasteiger partial charge >= 0.3 is 0 Å². The smallest absolute Gasteiger partial charge is 0.212 e. The van der Waals surface area contributed by atoms with Gasteiger partial charge < -0.3 is 4.74 Å². The molecule has 1 aliphatic carbocycles. The molecule has 0 amide bonds. The van der Waals surface area contributed by atoms with Crippen molar-refractivity contribution in [1.82, 2.24) is 4.98 Å². The number of benzene rings is 1. The zero-order valence-electron chi connectivity index (χ0n) is 14.7. The van der Waals surface area contributed by atoms with E-state index in [-0.39, 0.29) is 0 Å². The van der Waals surface area contributed by atoms with E-state index in [2.05, 4.69) is 48.0 Å². The van der Waals surface area contributed by atoms with E-state index in [0.29, 0.717) is 11.8 Å². The van der Waals surface area contributed by atoms with Crippen molar-refractivity contribution in [1.29, 1.82) is 0 Å². The molecule has 25 heavy (non-hydrogen) atoms. The first kappa shape index (κ1) is 17.5. The Balaban J connectivity index is 1.52. The molecule has 0 atom stereocenters. The fraction of sp³-hybridized carbons (Fsp3) is 0.409. The second-order valence-corrected chi connectivity index (χ2v) is 6.60. The number of ether oxygens (including phenoxy) is 1. The molecule has 2 aromatic rings. The Bertz CT molecular complexity index is 719. The van der Waals surface area contributed by atoms with Crippen LogP contribution in [0.1, 0.15) is 56.1 Å². The molecule has 0 bridgehead atoms. The lowest BCUT2D eigenvalue weighted by molar-refractivity contribution is 0.317. The summed E-state index contributed by atoms with van der Waals surface area (Å²) in [6.07, 6.45) is 7.07. The van der Waals surface area contributed by atoms with Crippen LogP contribution in [0.5, 0.6) is 5.75 Å². The van der Waals surface area contributed by atoms with E-state index in [1.165, 1.54) is 17.8 Å². The standard InChI is InChI=1S/C22H24FNO/c1-2-15-25-21-12-10-20(11-13-21)19-8-5-17(6-9-19)3-4-18-7-14-22(23)24-16-18/h7,10-14,16-17,19H,2,5-6,8-9,15H2,1H3/t17-,19-. The maximum absolute atomic E-state index is 12.8. The first-order valence-corrected chi connectivity index (χ1v) is 9.10. The molecule has 0 radical (unpaired) electrons. The van der Waals surface area contributed by atoms with Crippen LogP contribution in [-0.2, 0) is 0 Å². The molecule has 3 heteroatoms. The lowest BCUT2D eigenvalue weighted by Crippen LogP contribution is -2.12. The summed E-state index contributed by atoms with van der Waals surface area (Å²) in [7, 11) is 0. The van der Waals surface area contributed by atoms with E-state index >= 15 is 0 Å². The molecule has 1 aromatic heterocycles. The van der Waals surface area contributed by atoms with E-state index < -0.39 is 5.95 Å². The third-order valence-corrected chi connectivity index (χ3v) is 4.70. The van der Waals surface area contributed by atoms with E-state index in [1.54, 1.807) is 6.07 Å². The molecule has 1 fully saturated rings. The van der Waals surface area contributed by atoms with Crippen molar-refractivity contribution in [2.75, 3.05) is 6.61 Å². The van der Waals surface area contributed by atoms with Crippen LogP contribution < -0.4 is 4.74 Å². The number of rotatable bonds is 4. The van der Waals surface area contributed by atoms with Gasteiger partial charge in [-0.25, -0.2) is 4.98 Å². The zero-order chi connectivity index (χ0) is 17.5. The minimum absolute atomic E-state index is 0.425. The maximum Gasteiger partial charge on any atom is 0.212 e. The van der Waals surface area contributed by atoms with Crippen LogP contribution in [0, 0.1) is 23.7 Å². The number of halogens is 1. The van der Waals surface area contributed by atoms with E-state index in [4.69, 9.17) is 4.74 Å². The Labute approximate surface area is 149 Å². The van der Waals surface area contributed by atoms with Crippen LogP contribution in [-0.4, -0.2) is 11.6 Å². The minimum atomic E-state index is -0.461. The highest BCUT2D eigenvalue weighted by Crippen LogP contribution is 2.36. The summed E-state index contributed by atoms with van der Waals surface area (Å²) in [5.74, 6) is 7.99. The van der Waals surface area contributed by atoms with Gasteiger partial charge in [-0.15, -0.1) is 0 Å². The molecule has 1 saturated carbocycles. The van der Waals surface area contributed by atoms with Crippen molar-refractivity contribution < 1.29 is 9.13 Å². The summed E-state index contributed by atoms with van der Waals surface area (Å²) >= 11 is 0. The van der Waals surface area contributed by atoms with Crippen molar-refractivity contribution in [2.24, 2.45) is 5.92 Å². The number of nitrogens with zero attached hydrogens (tertiary/aromatic N) is 1. The monoisotopic (exact) mass is 337 g/mol. The quantitative estimate of drug-likeness (QED) is 0.555. The van der Waals surface area contributed by atoms with Gasteiger partial charge in [0.2, 0.25) is 5.95 Å². The highest BCUT2D eigenvalue weighted by molar-refractivity contribution is 5.33. The molecule has 0 saturated heterocycles. The van der Waals surface area contributed by atoms with Crippen molar-refractivity contribution in [3.05, 3.63) is 59.7 Å². The molecule has 0 spiro atoms. The van der Waals surface area contributed by atoms with E-state index in [9.17, 15) is 4.39 Å². The summed E-state index contributed by atoms with van der Waals surface area (Å²) < 4.78 is 18.5. The van der Waals surface area contributed by atoms with Crippen molar-refractivity contribution in [2.45, 2.75) is 44.9 Å². The van der Waals surface area contributed by atoms with Crippen LogP contribution in [0.25, 0.3) is 0 Å². The summed E-state index contributed by atoms with van der Waals surface area (Å²) in [4.78, 5) is 3.64. The predicted octanol–water partition coefficient (Wildman–Crippen LogP) is 5.34. The molecule has 0 N–H and O–H groups in total. The maximum atomic E-state index is 12.8. The first-order valence-electron chi connectivity index (χ1n) is 9.10. The Morgan fingerprint density at radius 2 is 1.84 bits per heavy atom. The second-order valence-electron chi connectivity index (χ2n) is 6.60. The lowest BCUT2D eigenvalue weighted by Gasteiger charge is -2.26. The van der Waals surface area contributed by atoms with Crippen molar-refractivity contribution in [3.63, 3.8) is 0 Å². The van der Waals surface area contributed by atoms with Gasteiger partial charge in [0.25, 0.3) is 0 Å². The van der Waals surface area contributed by atoms with Gasteiger partial charge in [0, 0.05) is 17.7 Å².